The van der Waals surface area contributed by atoms with Gasteiger partial charge in [-0.05, 0) is 21.5 Å². The Kier molecular flexibility index (Phi) is 3.80. The Balaban J connectivity index is 3.13. The van der Waals surface area contributed by atoms with Gasteiger partial charge in [0.15, 0.2) is 0 Å². The molecule has 7 heteroatoms. The third-order valence-electron chi connectivity index (χ3n) is 1.63. The van der Waals surface area contributed by atoms with E-state index in [1.54, 1.807) is 18.2 Å². The van der Waals surface area contributed by atoms with E-state index in [4.69, 9.17) is 0 Å². The summed E-state index contributed by atoms with van der Waals surface area (Å²) in [5, 5.41) is 0.155. The van der Waals surface area contributed by atoms with Gasteiger partial charge in [-0.25, -0.2) is 8.42 Å². The molecule has 0 unspecified atom stereocenters. The summed E-state index contributed by atoms with van der Waals surface area (Å²) in [6.07, 6.45) is 0. The van der Waals surface area contributed by atoms with Crippen LogP contribution >= 0.6 is 15.9 Å². The fourth-order valence-electron chi connectivity index (χ4n) is 0.868. The zero-order chi connectivity index (χ0) is 12.4. The first-order chi connectivity index (χ1) is 7.24. The van der Waals surface area contributed by atoms with Crippen LogP contribution in [-0.2, 0) is 9.84 Å². The normalized spacial score (nSPS) is 13.9. The van der Waals surface area contributed by atoms with Crippen molar-refractivity contribution in [1.82, 2.24) is 0 Å². The first-order valence-corrected chi connectivity index (χ1v) is 6.32. The molecule has 88 valence electrons. The Morgan fingerprint density at radius 2 is 1.69 bits per heavy atom. The Morgan fingerprint density at radius 1 is 1.19 bits per heavy atom. The van der Waals surface area contributed by atoms with Gasteiger partial charge in [0, 0.05) is 4.48 Å². The Labute approximate surface area is 98.8 Å². The molecule has 0 amide bonds. The van der Waals surface area contributed by atoms with Crippen molar-refractivity contribution in [3.63, 3.8) is 0 Å². The minimum absolute atomic E-state index is 0.134. The molecule has 0 heterocycles. The number of hydrogen-bond donors (Lipinski definition) is 0. The van der Waals surface area contributed by atoms with Gasteiger partial charge in [0.25, 0.3) is 9.84 Å². The van der Waals surface area contributed by atoms with Gasteiger partial charge in [0.05, 0.1) is 5.41 Å². The maximum absolute atomic E-state index is 12.1. The minimum atomic E-state index is -5.28. The van der Waals surface area contributed by atoms with Crippen LogP contribution in [0.25, 0.3) is 4.48 Å². The fourth-order valence-corrected chi connectivity index (χ4v) is 2.41. The third-order valence-corrected chi connectivity index (χ3v) is 3.81. The standard InChI is InChI=1S/C9H6BrF3O2S/c10-8(7-4-2-1-3-5-7)6-16(14,15)9(11,12)13/h1-6H/b8-6+. The molecule has 0 saturated carbocycles. The molecule has 0 spiro atoms. The highest BCUT2D eigenvalue weighted by molar-refractivity contribution is 9.15. The van der Waals surface area contributed by atoms with Gasteiger partial charge in [-0.2, -0.15) is 13.2 Å². The van der Waals surface area contributed by atoms with Gasteiger partial charge in [-0.3, -0.25) is 0 Å². The second-order valence-corrected chi connectivity index (χ2v) is 5.47. The Hall–Kier alpha value is -0.820. The average molecular weight is 315 g/mol. The van der Waals surface area contributed by atoms with Crippen molar-refractivity contribution < 1.29 is 21.6 Å². The molecule has 0 aliphatic heterocycles. The average Bonchev–Trinajstić information content (AvgIpc) is 2.16. The summed E-state index contributed by atoms with van der Waals surface area (Å²) in [7, 11) is -5.25. The summed E-state index contributed by atoms with van der Waals surface area (Å²) in [5.74, 6) is 0. The molecular weight excluding hydrogens is 309 g/mol. The number of benzene rings is 1. The monoisotopic (exact) mass is 314 g/mol. The lowest BCUT2D eigenvalue weighted by molar-refractivity contribution is -0.0423. The summed E-state index contributed by atoms with van der Waals surface area (Å²) in [6, 6.07) is 7.83. The third kappa shape index (κ3) is 3.08. The van der Waals surface area contributed by atoms with Crippen molar-refractivity contribution in [3.8, 4) is 0 Å². The van der Waals surface area contributed by atoms with E-state index in [9.17, 15) is 21.6 Å². The summed E-state index contributed by atoms with van der Waals surface area (Å²) < 4.78 is 57.6. The highest BCUT2D eigenvalue weighted by Gasteiger charge is 2.44. The lowest BCUT2D eigenvalue weighted by Crippen LogP contribution is -2.20. The van der Waals surface area contributed by atoms with Crippen LogP contribution in [0.15, 0.2) is 35.7 Å². The lowest BCUT2D eigenvalue weighted by atomic mass is 10.2. The quantitative estimate of drug-likeness (QED) is 0.839. The molecule has 16 heavy (non-hydrogen) atoms. The predicted molar refractivity (Wildman–Crippen MR) is 58.3 cm³/mol. The lowest BCUT2D eigenvalue weighted by Gasteiger charge is -2.04. The van der Waals surface area contributed by atoms with Crippen molar-refractivity contribution in [2.24, 2.45) is 0 Å². The summed E-state index contributed by atoms with van der Waals surface area (Å²) in [6.45, 7) is 0. The Morgan fingerprint density at radius 3 is 2.12 bits per heavy atom. The molecule has 0 N–H and O–H groups in total. The second-order valence-electron chi connectivity index (χ2n) is 2.82. The van der Waals surface area contributed by atoms with Crippen molar-refractivity contribution in [3.05, 3.63) is 41.3 Å². The second kappa shape index (κ2) is 4.58. The molecular formula is C9H6BrF3O2S. The molecule has 0 fully saturated rings. The van der Waals surface area contributed by atoms with E-state index in [1.165, 1.54) is 12.1 Å². The van der Waals surface area contributed by atoms with E-state index in [0.717, 1.165) is 0 Å². The molecule has 0 radical (unpaired) electrons. The van der Waals surface area contributed by atoms with Crippen LogP contribution in [0.3, 0.4) is 0 Å². The van der Waals surface area contributed by atoms with E-state index in [2.05, 4.69) is 15.9 Å². The van der Waals surface area contributed by atoms with Crippen LogP contribution in [0.5, 0.6) is 0 Å². The maximum Gasteiger partial charge on any atom is 0.501 e. The molecule has 0 saturated heterocycles. The molecule has 2 nitrogen and oxygen atoms in total. The molecule has 1 rings (SSSR count). The molecule has 0 aliphatic rings. The van der Waals surface area contributed by atoms with Crippen LogP contribution in [0.2, 0.25) is 0 Å². The summed E-state index contributed by atoms with van der Waals surface area (Å²) in [5.41, 5.74) is -4.92. The topological polar surface area (TPSA) is 34.1 Å². The SMILES string of the molecule is O=S(=O)(/C=C(/Br)c1ccccc1)C(F)(F)F. The van der Waals surface area contributed by atoms with Gasteiger partial charge >= 0.3 is 5.51 Å². The molecule has 1 aromatic rings. The Bertz CT molecular complexity index is 491. The number of sulfone groups is 1. The van der Waals surface area contributed by atoms with E-state index in [-0.39, 0.29) is 9.89 Å². The van der Waals surface area contributed by atoms with Gasteiger partial charge in [0.1, 0.15) is 0 Å². The van der Waals surface area contributed by atoms with Crippen LogP contribution < -0.4 is 0 Å². The van der Waals surface area contributed by atoms with Gasteiger partial charge in [-0.15, -0.1) is 0 Å². The largest absolute Gasteiger partial charge is 0.501 e. The van der Waals surface area contributed by atoms with Crippen molar-refractivity contribution >= 4 is 30.2 Å². The number of rotatable bonds is 2. The smallest absolute Gasteiger partial charge is 0.215 e. The van der Waals surface area contributed by atoms with Gasteiger partial charge in [0.2, 0.25) is 0 Å². The van der Waals surface area contributed by atoms with Crippen LogP contribution in [0.4, 0.5) is 13.2 Å². The highest BCUT2D eigenvalue weighted by Crippen LogP contribution is 2.30. The number of alkyl halides is 3. The summed E-state index contributed by atoms with van der Waals surface area (Å²) in [4.78, 5) is 0. The fraction of sp³-hybridized carbons (Fsp3) is 0.111. The molecule has 0 bridgehead atoms. The zero-order valence-corrected chi connectivity index (χ0v) is 10.1. The van der Waals surface area contributed by atoms with Gasteiger partial charge in [-0.1, -0.05) is 30.3 Å². The molecule has 1 aromatic carbocycles. The van der Waals surface area contributed by atoms with Crippen LogP contribution in [-0.4, -0.2) is 13.9 Å². The maximum atomic E-state index is 12.1. The van der Waals surface area contributed by atoms with Crippen molar-refractivity contribution in [1.29, 1.82) is 0 Å². The van der Waals surface area contributed by atoms with Crippen LogP contribution in [0.1, 0.15) is 5.56 Å². The first-order valence-electron chi connectivity index (χ1n) is 3.98. The van der Waals surface area contributed by atoms with E-state index < -0.39 is 15.3 Å². The van der Waals surface area contributed by atoms with E-state index >= 15 is 0 Å². The molecule has 0 aliphatic carbocycles. The van der Waals surface area contributed by atoms with E-state index in [0.29, 0.717) is 5.56 Å². The highest BCUT2D eigenvalue weighted by atomic mass is 79.9. The van der Waals surface area contributed by atoms with Gasteiger partial charge < -0.3 is 0 Å². The number of hydrogen-bond acceptors (Lipinski definition) is 2. The first kappa shape index (κ1) is 13.2. The van der Waals surface area contributed by atoms with E-state index in [1.807, 2.05) is 0 Å². The van der Waals surface area contributed by atoms with Crippen LogP contribution in [0, 0.1) is 0 Å². The number of halogens is 4. The molecule has 0 atom stereocenters. The summed E-state index contributed by atoms with van der Waals surface area (Å²) >= 11 is 2.80. The zero-order valence-electron chi connectivity index (χ0n) is 7.70. The van der Waals surface area contributed by atoms with Crippen molar-refractivity contribution in [2.75, 3.05) is 0 Å². The minimum Gasteiger partial charge on any atom is -0.215 e. The van der Waals surface area contributed by atoms with Crippen molar-refractivity contribution in [2.45, 2.75) is 5.51 Å². The predicted octanol–water partition coefficient (Wildman–Crippen LogP) is 3.31. The molecule has 0 aromatic heterocycles.